The van der Waals surface area contributed by atoms with Crippen LogP contribution >= 0.6 is 0 Å². The molecule has 2 fully saturated rings. The molecule has 1 unspecified atom stereocenters. The van der Waals surface area contributed by atoms with Crippen LogP contribution < -0.4 is 0 Å². The second kappa shape index (κ2) is 6.59. The molecule has 0 radical (unpaired) electrons. The van der Waals surface area contributed by atoms with E-state index in [-0.39, 0.29) is 42.5 Å². The van der Waals surface area contributed by atoms with Crippen LogP contribution in [0.4, 0.5) is 4.39 Å². The van der Waals surface area contributed by atoms with Gasteiger partial charge in [-0.05, 0) is 54.4 Å². The van der Waals surface area contributed by atoms with Gasteiger partial charge in [-0.15, -0.1) is 0 Å². The van der Waals surface area contributed by atoms with Gasteiger partial charge in [0.05, 0.1) is 0 Å². The maximum absolute atomic E-state index is 17.0. The van der Waals surface area contributed by atoms with Crippen LogP contribution in [0.15, 0.2) is 40.7 Å². The van der Waals surface area contributed by atoms with Crippen LogP contribution in [-0.2, 0) is 9.59 Å². The summed E-state index contributed by atoms with van der Waals surface area (Å²) in [5.41, 5.74) is 3.42. The first kappa shape index (κ1) is 21.9. The van der Waals surface area contributed by atoms with Crippen LogP contribution in [0, 0.1) is 22.7 Å². The monoisotopic (exact) mass is 431 g/mol. The summed E-state index contributed by atoms with van der Waals surface area (Å²) in [7, 11) is 0. The van der Waals surface area contributed by atoms with Crippen LogP contribution in [0.3, 0.4) is 0 Å². The van der Waals surface area contributed by atoms with Crippen LogP contribution in [0.5, 0.6) is 0 Å². The molecule has 2 saturated carbocycles. The largest absolute Gasteiger partial charge is 0.388 e. The van der Waals surface area contributed by atoms with E-state index >= 15 is 4.39 Å². The minimum atomic E-state index is -1.99. The lowest BCUT2D eigenvalue weighted by atomic mass is 9.45. The van der Waals surface area contributed by atoms with Crippen molar-refractivity contribution >= 4 is 11.6 Å². The van der Waals surface area contributed by atoms with Crippen molar-refractivity contribution in [2.24, 2.45) is 27.8 Å². The predicted molar refractivity (Wildman–Crippen MR) is 108 cm³/mol. The Labute approximate surface area is 178 Å². The number of halogens is 1. The first-order valence-electron chi connectivity index (χ1n) is 10.4. The van der Waals surface area contributed by atoms with E-state index in [9.17, 15) is 24.9 Å². The third-order valence-electron chi connectivity index (χ3n) is 8.63. The molecule has 0 aromatic carbocycles. The summed E-state index contributed by atoms with van der Waals surface area (Å²) < 4.78 is 17.0. The van der Waals surface area contributed by atoms with Gasteiger partial charge in [0.1, 0.15) is 18.4 Å². The van der Waals surface area contributed by atoms with Crippen molar-refractivity contribution in [2.75, 3.05) is 6.61 Å². The highest BCUT2D eigenvalue weighted by Gasteiger charge is 2.72. The highest BCUT2D eigenvalue weighted by atomic mass is 19.1. The Morgan fingerprint density at radius 3 is 2.71 bits per heavy atom. The second-order valence-corrected chi connectivity index (χ2v) is 9.77. The van der Waals surface area contributed by atoms with E-state index in [1.807, 2.05) is 0 Å². The number of Topliss-reactive ketones (excluding diaryl/α,β-unsaturated/α-hetero) is 1. The van der Waals surface area contributed by atoms with Gasteiger partial charge in [0.2, 0.25) is 0 Å². The summed E-state index contributed by atoms with van der Waals surface area (Å²) >= 11 is 0. The van der Waals surface area contributed by atoms with Gasteiger partial charge in [0, 0.05) is 27.4 Å². The van der Waals surface area contributed by atoms with Crippen molar-refractivity contribution in [1.82, 2.24) is 0 Å². The Kier molecular flexibility index (Phi) is 4.65. The van der Waals surface area contributed by atoms with Gasteiger partial charge >= 0.3 is 0 Å². The summed E-state index contributed by atoms with van der Waals surface area (Å²) in [6, 6.07) is 0. The zero-order valence-electron chi connectivity index (χ0n) is 17.5. The average molecular weight is 431 g/mol. The molecule has 8 nitrogen and oxygen atoms in total. The number of hydrogen-bond donors (Lipinski definition) is 3. The number of allylic oxidation sites excluding steroid dienone is 2. The first-order chi connectivity index (χ1) is 14.4. The molecule has 0 heterocycles. The molecule has 0 saturated heterocycles. The van der Waals surface area contributed by atoms with E-state index in [1.165, 1.54) is 12.2 Å². The Bertz CT molecular complexity index is 1020. The number of nitrogens with zero attached hydrogens (tertiary/aromatic N) is 3. The molecule has 166 valence electrons. The molecular weight excluding hydrogens is 405 g/mol. The Balaban J connectivity index is 1.93. The zero-order chi connectivity index (χ0) is 23.0. The minimum Gasteiger partial charge on any atom is -0.388 e. The third kappa shape index (κ3) is 2.43. The predicted octanol–water partition coefficient (Wildman–Crippen LogP) is 2.45. The molecule has 7 atom stereocenters. The highest BCUT2D eigenvalue weighted by molar-refractivity contribution is 5.96. The second-order valence-electron chi connectivity index (χ2n) is 9.77. The number of azide groups is 1. The fraction of sp³-hybridized carbons (Fsp3) is 0.636. The number of ketones is 2. The summed E-state index contributed by atoms with van der Waals surface area (Å²) in [6.45, 7) is 6.35. The number of aliphatic hydroxyl groups excluding tert-OH is 2. The number of alkyl halides is 1. The number of carbonyl (C=O) groups excluding carboxylic acids is 2. The fourth-order valence-electron chi connectivity index (χ4n) is 6.79. The molecule has 4 aliphatic rings. The van der Waals surface area contributed by atoms with Crippen molar-refractivity contribution in [3.63, 3.8) is 0 Å². The van der Waals surface area contributed by atoms with E-state index in [2.05, 4.69) is 16.6 Å². The molecule has 4 rings (SSSR count). The van der Waals surface area contributed by atoms with Crippen LogP contribution in [0.25, 0.3) is 10.4 Å². The standard InChI is InChI=1S/C22H26FN3O5/c1-11-6-12-13-7-15(25-26-24)14-8-16(28)17(29)9-20(14,3)21(13,23)5-4-19(12,2)22(11,31)18(30)10-27/h7-8,12-13,17,27,29,31H,1,4-6,9-10H2,2-3H3/t12-,13-,17?,19-,20-,21+,22-/m0/s1. The molecule has 9 heteroatoms. The van der Waals surface area contributed by atoms with Crippen molar-refractivity contribution in [3.05, 3.63) is 46.0 Å². The lowest BCUT2D eigenvalue weighted by Crippen LogP contribution is -2.64. The molecule has 31 heavy (non-hydrogen) atoms. The van der Waals surface area contributed by atoms with Gasteiger partial charge in [0.25, 0.3) is 0 Å². The lowest BCUT2D eigenvalue weighted by molar-refractivity contribution is -0.171. The Hall–Kier alpha value is -2.32. The third-order valence-corrected chi connectivity index (χ3v) is 8.63. The minimum absolute atomic E-state index is 0.0479. The van der Waals surface area contributed by atoms with E-state index in [4.69, 9.17) is 5.53 Å². The number of aliphatic hydroxyl groups is 3. The molecule has 0 aromatic rings. The molecular formula is C22H26FN3O5. The lowest BCUT2D eigenvalue weighted by Gasteiger charge is -2.60. The van der Waals surface area contributed by atoms with Crippen LogP contribution in [0.2, 0.25) is 0 Å². The van der Waals surface area contributed by atoms with E-state index in [0.717, 1.165) is 0 Å². The molecule has 0 bridgehead atoms. The van der Waals surface area contributed by atoms with Gasteiger partial charge in [-0.2, -0.15) is 0 Å². The van der Waals surface area contributed by atoms with E-state index in [0.29, 0.717) is 0 Å². The molecule has 4 aliphatic carbocycles. The van der Waals surface area contributed by atoms with Gasteiger partial charge in [-0.1, -0.05) is 31.6 Å². The maximum Gasteiger partial charge on any atom is 0.194 e. The molecule has 0 aromatic heterocycles. The molecule has 0 amide bonds. The normalized spacial score (nSPS) is 46.2. The van der Waals surface area contributed by atoms with Crippen molar-refractivity contribution in [1.29, 1.82) is 0 Å². The molecule has 0 spiro atoms. The van der Waals surface area contributed by atoms with E-state index < -0.39 is 58.2 Å². The maximum atomic E-state index is 17.0. The molecule has 3 N–H and O–H groups in total. The summed E-state index contributed by atoms with van der Waals surface area (Å²) in [5, 5.41) is 34.8. The Morgan fingerprint density at radius 1 is 1.42 bits per heavy atom. The van der Waals surface area contributed by atoms with Crippen molar-refractivity contribution < 1.29 is 29.3 Å². The van der Waals surface area contributed by atoms with Gasteiger partial charge < -0.3 is 15.3 Å². The van der Waals surface area contributed by atoms with Gasteiger partial charge in [-0.25, -0.2) is 4.39 Å². The first-order valence-corrected chi connectivity index (χ1v) is 10.4. The van der Waals surface area contributed by atoms with Gasteiger partial charge in [0.15, 0.2) is 17.2 Å². The van der Waals surface area contributed by atoms with Crippen LogP contribution in [-0.4, -0.2) is 50.9 Å². The molecule has 0 aliphatic heterocycles. The number of rotatable bonds is 3. The highest BCUT2D eigenvalue weighted by Crippen LogP contribution is 2.70. The van der Waals surface area contributed by atoms with Crippen LogP contribution in [0.1, 0.15) is 39.5 Å². The SMILES string of the molecule is C=C1C[C@H]2[C@@H]3C=C(N=[N+]=[N-])C4=CC(=O)C(O)C[C@]4(C)[C@@]3(F)CC[C@]2(C)[C@@]1(O)C(=O)CO. The quantitative estimate of drug-likeness (QED) is 0.272. The fourth-order valence-corrected chi connectivity index (χ4v) is 6.79. The number of carbonyl (C=O) groups is 2. The topological polar surface area (TPSA) is 144 Å². The average Bonchev–Trinajstić information content (AvgIpc) is 2.93. The number of hydrogen-bond acceptors (Lipinski definition) is 6. The summed E-state index contributed by atoms with van der Waals surface area (Å²) in [5.74, 6) is -2.75. The van der Waals surface area contributed by atoms with Crippen molar-refractivity contribution in [2.45, 2.75) is 56.9 Å². The zero-order valence-corrected chi connectivity index (χ0v) is 17.5. The Morgan fingerprint density at radius 2 is 2.10 bits per heavy atom. The van der Waals surface area contributed by atoms with Crippen molar-refractivity contribution in [3.8, 4) is 0 Å². The smallest absolute Gasteiger partial charge is 0.194 e. The van der Waals surface area contributed by atoms with Gasteiger partial charge in [-0.3, -0.25) is 9.59 Å². The summed E-state index contributed by atoms with van der Waals surface area (Å²) in [6.07, 6.45) is 1.39. The number of fused-ring (bicyclic) bond motifs is 5. The summed E-state index contributed by atoms with van der Waals surface area (Å²) in [4.78, 5) is 27.6. The van der Waals surface area contributed by atoms with E-state index in [1.54, 1.807) is 13.8 Å².